The number of aliphatic carboxylic acids is 1. The van der Waals surface area contributed by atoms with Crippen LogP contribution in [0, 0.1) is 11.2 Å². The van der Waals surface area contributed by atoms with E-state index in [2.05, 4.69) is 25.9 Å². The number of carbonyl (C=O) groups is 2. The zero-order chi connectivity index (χ0) is 41.6. The second-order valence-electron chi connectivity index (χ2n) is 15.9. The van der Waals surface area contributed by atoms with Gasteiger partial charge in [0.25, 0.3) is 0 Å². The number of hydrogen-bond donors (Lipinski definition) is 4. The average Bonchev–Trinajstić information content (AvgIpc) is 3.84. The third kappa shape index (κ3) is 7.92. The van der Waals surface area contributed by atoms with Crippen LogP contribution >= 0.6 is 11.6 Å². The molecule has 3 saturated heterocycles. The number of carboxylic acid groups (broad SMARTS) is 1. The van der Waals surface area contributed by atoms with Crippen LogP contribution in [0.1, 0.15) is 79.1 Å². The minimum absolute atomic E-state index is 0.00140. The molecule has 3 aliphatic heterocycles. The van der Waals surface area contributed by atoms with E-state index in [1.807, 2.05) is 35.2 Å². The number of nitrogens with one attached hydrogen (secondary N) is 3. The Labute approximate surface area is 343 Å². The maximum Gasteiger partial charge on any atom is 0.437 e. The fraction of sp³-hybridized carbons (Fsp3) is 0.442. The molecule has 5 aliphatic rings. The summed E-state index contributed by atoms with van der Waals surface area (Å²) in [5.41, 5.74) is 2.52. The Kier molecular flexibility index (Phi) is 11.2. The lowest BCUT2D eigenvalue weighted by Crippen LogP contribution is -2.56. The number of hydrogen-bond acceptors (Lipinski definition) is 9. The quantitative estimate of drug-likeness (QED) is 0.0983. The highest BCUT2D eigenvalue weighted by Gasteiger charge is 2.50. The van der Waals surface area contributed by atoms with Gasteiger partial charge < -0.3 is 30.5 Å². The van der Waals surface area contributed by atoms with Gasteiger partial charge in [0.1, 0.15) is 17.3 Å². The number of alkyl halides is 3. The number of aromatic nitrogens is 2. The first-order valence-electron chi connectivity index (χ1n) is 19.8. The molecule has 4 N–H and O–H groups in total. The summed E-state index contributed by atoms with van der Waals surface area (Å²) < 4.78 is 71.0. The van der Waals surface area contributed by atoms with E-state index in [-0.39, 0.29) is 49.2 Å². The van der Waals surface area contributed by atoms with Crippen LogP contribution in [-0.4, -0.2) is 71.2 Å². The maximum atomic E-state index is 15.7. The molecule has 16 heteroatoms. The van der Waals surface area contributed by atoms with Crippen molar-refractivity contribution in [2.24, 2.45) is 5.41 Å². The van der Waals surface area contributed by atoms with Gasteiger partial charge in [0, 0.05) is 61.4 Å². The van der Waals surface area contributed by atoms with Crippen LogP contribution in [-0.2, 0) is 35.3 Å². The van der Waals surface area contributed by atoms with Gasteiger partial charge in [-0.05, 0) is 79.3 Å². The molecule has 1 amide bonds. The predicted octanol–water partition coefficient (Wildman–Crippen LogP) is 7.94. The highest BCUT2D eigenvalue weighted by atomic mass is 35.5. The first-order chi connectivity index (χ1) is 28.3. The molecular formula is C43H45ClF4N6O5. The first kappa shape index (κ1) is 40.8. The van der Waals surface area contributed by atoms with Crippen molar-refractivity contribution in [3.63, 3.8) is 0 Å². The number of amides is 1. The topological polar surface area (TPSA) is 138 Å². The normalized spacial score (nSPS) is 22.6. The number of benzene rings is 3. The Morgan fingerprint density at radius 1 is 1.02 bits per heavy atom. The van der Waals surface area contributed by atoms with Gasteiger partial charge in [-0.25, -0.2) is 9.37 Å². The van der Waals surface area contributed by atoms with E-state index in [0.717, 1.165) is 23.1 Å². The number of fused-ring (bicyclic) bond motifs is 4. The smallest absolute Gasteiger partial charge is 0.437 e. The summed E-state index contributed by atoms with van der Waals surface area (Å²) in [6.07, 6.45) is -0.279. The lowest BCUT2D eigenvalue weighted by molar-refractivity contribution is -0.160. The Morgan fingerprint density at radius 2 is 1.76 bits per heavy atom. The number of carbonyl (C=O) groups excluding carboxylic acids is 1. The Morgan fingerprint density at radius 3 is 2.46 bits per heavy atom. The third-order valence-corrected chi connectivity index (χ3v) is 12.9. The number of methoxy groups -OCH3 is 2. The van der Waals surface area contributed by atoms with Crippen LogP contribution in [0.5, 0.6) is 11.6 Å². The largest absolute Gasteiger partial charge is 0.496 e. The molecule has 312 valence electrons. The van der Waals surface area contributed by atoms with Crippen molar-refractivity contribution in [1.29, 1.82) is 0 Å². The molecule has 11 nitrogen and oxygen atoms in total. The molecule has 2 atom stereocenters. The van der Waals surface area contributed by atoms with Crippen LogP contribution in [0.15, 0.2) is 48.5 Å². The number of nitrogens with zero attached hydrogens (tertiary/aromatic N) is 3. The van der Waals surface area contributed by atoms with Gasteiger partial charge in [0.05, 0.1) is 30.7 Å². The highest BCUT2D eigenvalue weighted by molar-refractivity contribution is 6.36. The zero-order valence-electron chi connectivity index (χ0n) is 32.6. The Hall–Kier alpha value is -4.99. The summed E-state index contributed by atoms with van der Waals surface area (Å²) in [4.78, 5) is 34.1. The van der Waals surface area contributed by atoms with E-state index in [0.29, 0.717) is 84.5 Å². The molecule has 4 fully saturated rings. The van der Waals surface area contributed by atoms with Crippen LogP contribution < -0.4 is 25.4 Å². The zero-order valence-corrected chi connectivity index (χ0v) is 33.4. The minimum atomic E-state index is -4.84. The Balaban J connectivity index is 1.05. The fourth-order valence-corrected chi connectivity index (χ4v) is 9.72. The second-order valence-corrected chi connectivity index (χ2v) is 16.3. The monoisotopic (exact) mass is 836 g/mol. The number of halogens is 5. The fourth-order valence-electron chi connectivity index (χ4n) is 9.38. The van der Waals surface area contributed by atoms with Crippen LogP contribution in [0.3, 0.4) is 0 Å². The van der Waals surface area contributed by atoms with Crippen molar-refractivity contribution < 1.29 is 41.7 Å². The molecule has 0 radical (unpaired) electrons. The molecule has 4 heterocycles. The molecule has 0 spiro atoms. The first-order valence-corrected chi connectivity index (χ1v) is 20.2. The summed E-state index contributed by atoms with van der Waals surface area (Å²) in [5, 5.41) is 19.5. The van der Waals surface area contributed by atoms with Crippen molar-refractivity contribution in [2.45, 2.75) is 88.8 Å². The highest BCUT2D eigenvalue weighted by Crippen LogP contribution is 2.47. The summed E-state index contributed by atoms with van der Waals surface area (Å²) >= 11 is 7.12. The third-order valence-electron chi connectivity index (χ3n) is 12.5. The van der Waals surface area contributed by atoms with Crippen LogP contribution in [0.4, 0.5) is 23.4 Å². The van der Waals surface area contributed by atoms with Gasteiger partial charge in [-0.3, -0.25) is 14.5 Å². The van der Waals surface area contributed by atoms with Crippen molar-refractivity contribution >= 4 is 29.3 Å². The van der Waals surface area contributed by atoms with Crippen molar-refractivity contribution in [1.82, 2.24) is 25.5 Å². The summed E-state index contributed by atoms with van der Waals surface area (Å²) in [7, 11) is 2.80. The summed E-state index contributed by atoms with van der Waals surface area (Å²) in [6.45, 7) is 0.905. The predicted molar refractivity (Wildman–Crippen MR) is 213 cm³/mol. The molecular weight excluding hydrogens is 792 g/mol. The van der Waals surface area contributed by atoms with Crippen molar-refractivity contribution in [2.75, 3.05) is 32.6 Å². The van der Waals surface area contributed by atoms with Gasteiger partial charge in [-0.1, -0.05) is 48.0 Å². The molecule has 3 aromatic carbocycles. The number of piperidine rings is 2. The maximum absolute atomic E-state index is 15.7. The molecule has 4 aromatic rings. The molecule has 2 bridgehead atoms. The molecule has 59 heavy (non-hydrogen) atoms. The number of carboxylic acids is 1. The number of anilines is 1. The molecule has 0 unspecified atom stereocenters. The van der Waals surface area contributed by atoms with Crippen LogP contribution in [0.2, 0.25) is 5.02 Å². The Bertz CT molecular complexity index is 2280. The van der Waals surface area contributed by atoms with Crippen molar-refractivity contribution in [3.8, 4) is 33.9 Å². The van der Waals surface area contributed by atoms with Gasteiger partial charge in [-0.2, -0.15) is 18.2 Å². The molecule has 1 saturated carbocycles. The second kappa shape index (κ2) is 16.2. The standard InChI is InChI=1S/C43H45ClF4N6O5/c1-58-35-18-23(17-32(45)31(35)20-49-19-24-9-12-36(55)50-24)26-5-3-8-30(37(26)44)27-6-4-7-29-28(27)10-11-33(29)52-39-38(43(46,47)48)51-34(40(53-39)59-2)21-54-22-42(41(56)57)15-13-25(54)14-16-42/h3-8,17-18,24-25,33,49H,9-16,19-22H2,1-2H3,(H,50,55)(H,52,53)(H,56,57)/t24-,25?,33-,42?/m0/s1. The van der Waals surface area contributed by atoms with Crippen LogP contribution in [0.25, 0.3) is 22.3 Å². The lowest BCUT2D eigenvalue weighted by Gasteiger charge is -2.50. The van der Waals surface area contributed by atoms with E-state index >= 15 is 4.39 Å². The van der Waals surface area contributed by atoms with Gasteiger partial charge in [0.15, 0.2) is 11.5 Å². The van der Waals surface area contributed by atoms with E-state index in [9.17, 15) is 27.9 Å². The number of rotatable bonds is 13. The van der Waals surface area contributed by atoms with Gasteiger partial charge in [0.2, 0.25) is 11.8 Å². The lowest BCUT2D eigenvalue weighted by atomic mass is 9.67. The molecule has 2 aliphatic carbocycles. The molecule has 9 rings (SSSR count). The van der Waals surface area contributed by atoms with E-state index in [1.54, 1.807) is 12.1 Å². The molecule has 1 aromatic heterocycles. The van der Waals surface area contributed by atoms with Gasteiger partial charge in [-0.15, -0.1) is 0 Å². The SMILES string of the molecule is COc1cc(-c2cccc(-c3cccc4c3CC[C@@H]4Nc3nc(OC)c(CN4CC5(C(=O)O)CCC4CC5)nc3C(F)(F)F)c2Cl)cc(F)c1CNC[C@@H]1CCC(=O)N1. The minimum Gasteiger partial charge on any atom is -0.496 e. The van der Waals surface area contributed by atoms with E-state index < -0.39 is 40.9 Å². The number of ether oxygens (including phenoxy) is 2. The average molecular weight is 837 g/mol. The van der Waals surface area contributed by atoms with Crippen molar-refractivity contribution in [3.05, 3.63) is 87.4 Å². The van der Waals surface area contributed by atoms with E-state index in [1.165, 1.54) is 20.3 Å². The van der Waals surface area contributed by atoms with Gasteiger partial charge >= 0.3 is 12.1 Å². The van der Waals surface area contributed by atoms with E-state index in [4.69, 9.17) is 21.1 Å². The summed E-state index contributed by atoms with van der Waals surface area (Å²) in [5.74, 6) is -1.52. The summed E-state index contributed by atoms with van der Waals surface area (Å²) in [6, 6.07) is 13.7.